The van der Waals surface area contributed by atoms with Gasteiger partial charge in [0.15, 0.2) is 0 Å². The number of hydrogen-bond acceptors (Lipinski definition) is 4. The molecule has 0 fully saturated rings. The van der Waals surface area contributed by atoms with Crippen LogP contribution in [0, 0.1) is 0 Å². The Bertz CT molecular complexity index is 1210. The first kappa shape index (κ1) is 20.4. The number of para-hydroxylation sites is 4. The van der Waals surface area contributed by atoms with Crippen molar-refractivity contribution in [2.75, 3.05) is 41.3 Å². The third kappa shape index (κ3) is 3.91. The van der Waals surface area contributed by atoms with Crippen LogP contribution in [0.4, 0.5) is 0 Å². The number of imidazole rings is 2. The SMILES string of the molecule is CN(C)CCn1c(Cn2c(=O)n(CCN(C)C)c3ccccc32)nc2ccccc21. The first-order chi connectivity index (χ1) is 14.5. The molecule has 7 heteroatoms. The number of nitrogens with zero attached hydrogens (tertiary/aromatic N) is 6. The quantitative estimate of drug-likeness (QED) is 0.451. The van der Waals surface area contributed by atoms with E-state index in [0.717, 1.165) is 47.5 Å². The van der Waals surface area contributed by atoms with Crippen molar-refractivity contribution in [3.63, 3.8) is 0 Å². The molecule has 0 aliphatic carbocycles. The molecular weight excluding hydrogens is 376 g/mol. The molecule has 4 rings (SSSR count). The maximum absolute atomic E-state index is 13.4. The topological polar surface area (TPSA) is 51.2 Å². The molecule has 0 N–H and O–H groups in total. The van der Waals surface area contributed by atoms with Gasteiger partial charge < -0.3 is 14.4 Å². The molecule has 0 aliphatic rings. The highest BCUT2D eigenvalue weighted by Crippen LogP contribution is 2.19. The van der Waals surface area contributed by atoms with Gasteiger partial charge in [-0.15, -0.1) is 0 Å². The molecule has 30 heavy (non-hydrogen) atoms. The summed E-state index contributed by atoms with van der Waals surface area (Å²) in [5.41, 5.74) is 4.02. The van der Waals surface area contributed by atoms with Crippen LogP contribution in [0.3, 0.4) is 0 Å². The van der Waals surface area contributed by atoms with Crippen molar-refractivity contribution >= 4 is 22.1 Å². The molecule has 7 nitrogen and oxygen atoms in total. The van der Waals surface area contributed by atoms with Crippen LogP contribution in [0.15, 0.2) is 53.3 Å². The summed E-state index contributed by atoms with van der Waals surface area (Å²) in [6.45, 7) is 3.67. The number of fused-ring (bicyclic) bond motifs is 2. The van der Waals surface area contributed by atoms with E-state index in [2.05, 4.69) is 34.5 Å². The van der Waals surface area contributed by atoms with Crippen molar-refractivity contribution in [2.45, 2.75) is 19.6 Å². The monoisotopic (exact) mass is 406 g/mol. The number of rotatable bonds is 8. The summed E-state index contributed by atoms with van der Waals surface area (Å²) in [5.74, 6) is 0.913. The van der Waals surface area contributed by atoms with Gasteiger partial charge in [0.05, 0.1) is 28.6 Å². The molecule has 2 heterocycles. The van der Waals surface area contributed by atoms with Crippen LogP contribution in [0.25, 0.3) is 22.1 Å². The second-order valence-corrected chi connectivity index (χ2v) is 8.28. The first-order valence-electron chi connectivity index (χ1n) is 10.4. The second-order valence-electron chi connectivity index (χ2n) is 8.28. The molecule has 0 radical (unpaired) electrons. The Hall–Kier alpha value is -2.90. The highest BCUT2D eigenvalue weighted by atomic mass is 16.1. The number of benzene rings is 2. The van der Waals surface area contributed by atoms with Crippen LogP contribution in [0.1, 0.15) is 5.82 Å². The lowest BCUT2D eigenvalue weighted by molar-refractivity contribution is 0.380. The molecule has 0 aliphatic heterocycles. The minimum Gasteiger partial charge on any atom is -0.325 e. The average Bonchev–Trinajstić information content (AvgIpc) is 3.20. The van der Waals surface area contributed by atoms with E-state index in [0.29, 0.717) is 13.1 Å². The zero-order chi connectivity index (χ0) is 21.3. The van der Waals surface area contributed by atoms with Crippen molar-refractivity contribution in [2.24, 2.45) is 0 Å². The molecule has 0 saturated carbocycles. The molecule has 2 aromatic heterocycles. The third-order valence-electron chi connectivity index (χ3n) is 5.50. The molecule has 4 aromatic rings. The zero-order valence-corrected chi connectivity index (χ0v) is 18.2. The summed E-state index contributed by atoms with van der Waals surface area (Å²) < 4.78 is 5.98. The van der Waals surface area contributed by atoms with Gasteiger partial charge in [0.1, 0.15) is 5.82 Å². The molecule has 158 valence electrons. The predicted octanol–water partition coefficient (Wildman–Crippen LogP) is 2.32. The lowest BCUT2D eigenvalue weighted by atomic mass is 10.3. The number of aromatic nitrogens is 4. The van der Waals surface area contributed by atoms with Crippen LogP contribution >= 0.6 is 0 Å². The molecule has 0 saturated heterocycles. The summed E-state index contributed by atoms with van der Waals surface area (Å²) >= 11 is 0. The van der Waals surface area contributed by atoms with Gasteiger partial charge in [-0.25, -0.2) is 9.78 Å². The highest BCUT2D eigenvalue weighted by Gasteiger charge is 2.17. The van der Waals surface area contributed by atoms with Gasteiger partial charge in [0, 0.05) is 26.2 Å². The van der Waals surface area contributed by atoms with Crippen molar-refractivity contribution in [3.05, 3.63) is 64.8 Å². The van der Waals surface area contributed by atoms with Crippen LogP contribution in [-0.4, -0.2) is 69.8 Å². The summed E-state index contributed by atoms with van der Waals surface area (Å²) in [6, 6.07) is 16.2. The Kier molecular flexibility index (Phi) is 5.74. The minimum absolute atomic E-state index is 0.0178. The minimum atomic E-state index is 0.0178. The number of hydrogen-bond donors (Lipinski definition) is 0. The highest BCUT2D eigenvalue weighted by molar-refractivity contribution is 5.77. The van der Waals surface area contributed by atoms with E-state index >= 15 is 0 Å². The fourth-order valence-electron chi connectivity index (χ4n) is 3.88. The fourth-order valence-corrected chi connectivity index (χ4v) is 3.88. The van der Waals surface area contributed by atoms with Crippen molar-refractivity contribution in [1.82, 2.24) is 28.5 Å². The van der Waals surface area contributed by atoms with Gasteiger partial charge in [0.25, 0.3) is 0 Å². The normalized spacial score (nSPS) is 12.1. The predicted molar refractivity (Wildman–Crippen MR) is 122 cm³/mol. The number of likely N-dealkylation sites (N-methyl/N-ethyl adjacent to an activating group) is 2. The van der Waals surface area contributed by atoms with Crippen LogP contribution in [0.5, 0.6) is 0 Å². The Morgan fingerprint density at radius 2 is 1.27 bits per heavy atom. The maximum Gasteiger partial charge on any atom is 0.329 e. The first-order valence-corrected chi connectivity index (χ1v) is 10.4. The maximum atomic E-state index is 13.4. The van der Waals surface area contributed by atoms with Crippen LogP contribution in [0.2, 0.25) is 0 Å². The third-order valence-corrected chi connectivity index (χ3v) is 5.50. The Labute approximate surface area is 176 Å². The molecule has 0 unspecified atom stereocenters. The zero-order valence-electron chi connectivity index (χ0n) is 18.2. The van der Waals surface area contributed by atoms with E-state index in [-0.39, 0.29) is 5.69 Å². The van der Waals surface area contributed by atoms with Gasteiger partial charge in [-0.2, -0.15) is 0 Å². The molecule has 0 spiro atoms. The molecule has 0 amide bonds. The smallest absolute Gasteiger partial charge is 0.325 e. The van der Waals surface area contributed by atoms with Gasteiger partial charge in [-0.05, 0) is 52.5 Å². The van der Waals surface area contributed by atoms with E-state index in [1.165, 1.54) is 0 Å². The van der Waals surface area contributed by atoms with Gasteiger partial charge >= 0.3 is 5.69 Å². The summed E-state index contributed by atoms with van der Waals surface area (Å²) in [6.07, 6.45) is 0. The standard InChI is InChI=1S/C23H30N6O/c1-25(2)13-15-27-19-10-6-5-9-18(19)24-22(27)17-29-21-12-8-7-11-20(21)28(23(29)30)16-14-26(3)4/h5-12H,13-17H2,1-4H3. The van der Waals surface area contributed by atoms with E-state index in [1.807, 2.05) is 65.7 Å². The average molecular weight is 407 g/mol. The fraction of sp³-hybridized carbons (Fsp3) is 0.391. The van der Waals surface area contributed by atoms with Crippen molar-refractivity contribution in [1.29, 1.82) is 0 Å². The van der Waals surface area contributed by atoms with Gasteiger partial charge in [-0.1, -0.05) is 24.3 Å². The second kappa shape index (κ2) is 8.45. The Balaban J connectivity index is 1.79. The lowest BCUT2D eigenvalue weighted by Gasteiger charge is -2.14. The Morgan fingerprint density at radius 1 is 0.733 bits per heavy atom. The molecular formula is C23H30N6O. The summed E-state index contributed by atoms with van der Waals surface area (Å²) in [4.78, 5) is 22.5. The molecule has 0 bridgehead atoms. The summed E-state index contributed by atoms with van der Waals surface area (Å²) in [5, 5.41) is 0. The van der Waals surface area contributed by atoms with E-state index in [9.17, 15) is 4.79 Å². The van der Waals surface area contributed by atoms with E-state index < -0.39 is 0 Å². The summed E-state index contributed by atoms with van der Waals surface area (Å²) in [7, 11) is 8.19. The van der Waals surface area contributed by atoms with Crippen molar-refractivity contribution < 1.29 is 0 Å². The van der Waals surface area contributed by atoms with E-state index in [4.69, 9.17) is 4.98 Å². The van der Waals surface area contributed by atoms with E-state index in [1.54, 1.807) is 0 Å². The Morgan fingerprint density at radius 3 is 1.90 bits per heavy atom. The van der Waals surface area contributed by atoms with Crippen molar-refractivity contribution in [3.8, 4) is 0 Å². The lowest BCUT2D eigenvalue weighted by Crippen LogP contribution is -2.29. The van der Waals surface area contributed by atoms with Crippen LogP contribution in [-0.2, 0) is 19.6 Å². The van der Waals surface area contributed by atoms with Gasteiger partial charge in [0.2, 0.25) is 0 Å². The molecule has 2 aromatic carbocycles. The largest absolute Gasteiger partial charge is 0.329 e. The molecule has 0 atom stereocenters. The van der Waals surface area contributed by atoms with Gasteiger partial charge in [-0.3, -0.25) is 9.13 Å². The van der Waals surface area contributed by atoms with Crippen LogP contribution < -0.4 is 5.69 Å².